The van der Waals surface area contributed by atoms with Gasteiger partial charge in [0.05, 0.1) is 5.56 Å². The zero-order valence-corrected chi connectivity index (χ0v) is 15.4. The van der Waals surface area contributed by atoms with Crippen LogP contribution < -0.4 is 10.2 Å². The van der Waals surface area contributed by atoms with Crippen molar-refractivity contribution in [1.82, 2.24) is 4.98 Å². The molecule has 3 aromatic rings. The fourth-order valence-electron chi connectivity index (χ4n) is 3.24. The van der Waals surface area contributed by atoms with Gasteiger partial charge in [0, 0.05) is 30.0 Å². The van der Waals surface area contributed by atoms with E-state index in [1.807, 2.05) is 24.3 Å². The van der Waals surface area contributed by atoms with E-state index in [9.17, 15) is 18.0 Å². The van der Waals surface area contributed by atoms with Crippen LogP contribution in [0.4, 0.5) is 24.5 Å². The maximum absolute atomic E-state index is 12.7. The summed E-state index contributed by atoms with van der Waals surface area (Å²) in [6, 6.07) is 12.0. The van der Waals surface area contributed by atoms with Crippen LogP contribution in [0.3, 0.4) is 0 Å². The molecule has 0 spiro atoms. The molecule has 0 radical (unpaired) electrons. The zero-order valence-electron chi connectivity index (χ0n) is 15.4. The largest absolute Gasteiger partial charge is 0.444 e. The second-order valence-electron chi connectivity index (χ2n) is 6.81. The first kappa shape index (κ1) is 19.0. The molecular formula is C21H18F3N3O2. The van der Waals surface area contributed by atoms with Crippen molar-refractivity contribution in [2.45, 2.75) is 19.0 Å². The summed E-state index contributed by atoms with van der Waals surface area (Å²) in [5.41, 5.74) is 1.38. The van der Waals surface area contributed by atoms with Crippen LogP contribution in [-0.2, 0) is 6.18 Å². The predicted molar refractivity (Wildman–Crippen MR) is 103 cm³/mol. The lowest BCUT2D eigenvalue weighted by Crippen LogP contribution is -2.17. The normalized spacial score (nSPS) is 14.2. The van der Waals surface area contributed by atoms with Crippen molar-refractivity contribution in [2.24, 2.45) is 0 Å². The number of anilines is 2. The first-order valence-electron chi connectivity index (χ1n) is 9.20. The summed E-state index contributed by atoms with van der Waals surface area (Å²) in [6.45, 7) is 2.08. The highest BCUT2D eigenvalue weighted by atomic mass is 19.4. The highest BCUT2D eigenvalue weighted by molar-refractivity contribution is 6.03. The van der Waals surface area contributed by atoms with E-state index >= 15 is 0 Å². The van der Waals surface area contributed by atoms with Crippen molar-refractivity contribution in [1.29, 1.82) is 0 Å². The molecule has 1 aliphatic heterocycles. The Morgan fingerprint density at radius 1 is 1.00 bits per heavy atom. The number of nitrogens with zero attached hydrogens (tertiary/aromatic N) is 2. The van der Waals surface area contributed by atoms with Crippen LogP contribution in [-0.4, -0.2) is 24.0 Å². The van der Waals surface area contributed by atoms with Crippen LogP contribution in [0.2, 0.25) is 0 Å². The van der Waals surface area contributed by atoms with Gasteiger partial charge >= 0.3 is 6.18 Å². The van der Waals surface area contributed by atoms with Crippen LogP contribution >= 0.6 is 0 Å². The SMILES string of the molecule is O=C(Nc1ccc(N2CCCC2)cc1)c1coc(-c2ccc(C(F)(F)F)cc2)n1. The van der Waals surface area contributed by atoms with Crippen LogP contribution in [0.25, 0.3) is 11.5 Å². The molecule has 2 aromatic carbocycles. The Labute approximate surface area is 165 Å². The Balaban J connectivity index is 1.43. The van der Waals surface area contributed by atoms with E-state index in [1.165, 1.54) is 31.2 Å². The lowest BCUT2D eigenvalue weighted by Gasteiger charge is -2.17. The van der Waals surface area contributed by atoms with Gasteiger partial charge in [-0.2, -0.15) is 13.2 Å². The molecule has 1 fully saturated rings. The third-order valence-electron chi connectivity index (χ3n) is 4.79. The lowest BCUT2D eigenvalue weighted by molar-refractivity contribution is -0.137. The van der Waals surface area contributed by atoms with E-state index in [0.29, 0.717) is 11.3 Å². The molecule has 1 saturated heterocycles. The second kappa shape index (κ2) is 7.62. The van der Waals surface area contributed by atoms with Crippen LogP contribution in [0.1, 0.15) is 28.9 Å². The summed E-state index contributed by atoms with van der Waals surface area (Å²) >= 11 is 0. The Kier molecular flexibility index (Phi) is 5.00. The molecule has 29 heavy (non-hydrogen) atoms. The summed E-state index contributed by atoms with van der Waals surface area (Å²) in [4.78, 5) is 18.8. The Bertz CT molecular complexity index is 989. The smallest absolute Gasteiger partial charge is 0.416 e. The van der Waals surface area contributed by atoms with Crippen molar-refractivity contribution < 1.29 is 22.4 Å². The van der Waals surface area contributed by atoms with Crippen molar-refractivity contribution in [3.63, 3.8) is 0 Å². The number of alkyl halides is 3. The minimum atomic E-state index is -4.41. The monoisotopic (exact) mass is 401 g/mol. The number of nitrogens with one attached hydrogen (secondary N) is 1. The molecule has 1 amide bonds. The van der Waals surface area contributed by atoms with E-state index in [-0.39, 0.29) is 11.6 Å². The summed E-state index contributed by atoms with van der Waals surface area (Å²) in [6.07, 6.45) is -0.858. The van der Waals surface area contributed by atoms with Crippen LogP contribution in [0.15, 0.2) is 59.2 Å². The molecule has 0 atom stereocenters. The van der Waals surface area contributed by atoms with Crippen molar-refractivity contribution >= 4 is 17.3 Å². The predicted octanol–water partition coefficient (Wildman–Crippen LogP) is 5.21. The molecule has 0 bridgehead atoms. The van der Waals surface area contributed by atoms with Crippen molar-refractivity contribution in [2.75, 3.05) is 23.3 Å². The van der Waals surface area contributed by atoms with E-state index in [0.717, 1.165) is 30.9 Å². The molecule has 0 unspecified atom stereocenters. The summed E-state index contributed by atoms with van der Waals surface area (Å²) in [5.74, 6) is -0.380. The van der Waals surface area contributed by atoms with Gasteiger partial charge in [0.25, 0.3) is 5.91 Å². The number of hydrogen-bond donors (Lipinski definition) is 1. The standard InChI is InChI=1S/C21H18F3N3O2/c22-21(23,24)15-5-3-14(4-6-15)20-26-18(13-29-20)19(28)25-16-7-9-17(10-8-16)27-11-1-2-12-27/h3-10,13H,1-2,11-12H2,(H,25,28). The Morgan fingerprint density at radius 2 is 1.66 bits per heavy atom. The van der Waals surface area contributed by atoms with Gasteiger partial charge in [-0.05, 0) is 61.4 Å². The molecule has 150 valence electrons. The van der Waals surface area contributed by atoms with Crippen LogP contribution in [0, 0.1) is 0 Å². The number of carbonyl (C=O) groups is 1. The van der Waals surface area contributed by atoms with Gasteiger partial charge < -0.3 is 14.6 Å². The summed E-state index contributed by atoms with van der Waals surface area (Å²) < 4.78 is 43.2. The number of hydrogen-bond acceptors (Lipinski definition) is 4. The molecule has 1 N–H and O–H groups in total. The quantitative estimate of drug-likeness (QED) is 0.652. The van der Waals surface area contributed by atoms with Gasteiger partial charge in [-0.15, -0.1) is 0 Å². The fourth-order valence-corrected chi connectivity index (χ4v) is 3.24. The first-order valence-corrected chi connectivity index (χ1v) is 9.20. The second-order valence-corrected chi connectivity index (χ2v) is 6.81. The number of carbonyl (C=O) groups excluding carboxylic acids is 1. The Morgan fingerprint density at radius 3 is 2.28 bits per heavy atom. The molecule has 1 aromatic heterocycles. The zero-order chi connectivity index (χ0) is 20.4. The summed E-state index contributed by atoms with van der Waals surface area (Å²) in [7, 11) is 0. The maximum Gasteiger partial charge on any atom is 0.416 e. The van der Waals surface area contributed by atoms with Crippen molar-refractivity contribution in [3.05, 3.63) is 66.1 Å². The van der Waals surface area contributed by atoms with Gasteiger partial charge in [0.15, 0.2) is 5.69 Å². The van der Waals surface area contributed by atoms with E-state index < -0.39 is 17.6 Å². The number of oxazole rings is 1. The third-order valence-corrected chi connectivity index (χ3v) is 4.79. The highest BCUT2D eigenvalue weighted by Crippen LogP contribution is 2.31. The third kappa shape index (κ3) is 4.26. The molecule has 4 rings (SSSR count). The van der Waals surface area contributed by atoms with Gasteiger partial charge in [-0.1, -0.05) is 0 Å². The number of rotatable bonds is 4. The van der Waals surface area contributed by atoms with Gasteiger partial charge in [-0.3, -0.25) is 4.79 Å². The number of amides is 1. The van der Waals surface area contributed by atoms with Gasteiger partial charge in [0.1, 0.15) is 6.26 Å². The number of benzene rings is 2. The van der Waals surface area contributed by atoms with E-state index in [4.69, 9.17) is 4.42 Å². The average molecular weight is 401 g/mol. The van der Waals surface area contributed by atoms with Crippen LogP contribution in [0.5, 0.6) is 0 Å². The van der Waals surface area contributed by atoms with E-state index in [2.05, 4.69) is 15.2 Å². The lowest BCUT2D eigenvalue weighted by atomic mass is 10.1. The minimum absolute atomic E-state index is 0.0449. The number of aromatic nitrogens is 1. The molecule has 0 aliphatic carbocycles. The number of halogens is 3. The average Bonchev–Trinajstić information content (AvgIpc) is 3.40. The van der Waals surface area contributed by atoms with Gasteiger partial charge in [0.2, 0.25) is 5.89 Å². The highest BCUT2D eigenvalue weighted by Gasteiger charge is 2.30. The molecule has 5 nitrogen and oxygen atoms in total. The molecular weight excluding hydrogens is 383 g/mol. The topological polar surface area (TPSA) is 58.4 Å². The first-order chi connectivity index (χ1) is 13.9. The molecule has 0 saturated carbocycles. The minimum Gasteiger partial charge on any atom is -0.444 e. The Hall–Kier alpha value is -3.29. The fraction of sp³-hybridized carbons (Fsp3) is 0.238. The summed E-state index contributed by atoms with van der Waals surface area (Å²) in [5, 5.41) is 2.74. The van der Waals surface area contributed by atoms with Gasteiger partial charge in [-0.25, -0.2) is 4.98 Å². The van der Waals surface area contributed by atoms with E-state index in [1.54, 1.807) is 0 Å². The maximum atomic E-state index is 12.7. The molecule has 2 heterocycles. The molecule has 1 aliphatic rings. The molecule has 8 heteroatoms. The van der Waals surface area contributed by atoms with Crippen molar-refractivity contribution in [3.8, 4) is 11.5 Å².